The summed E-state index contributed by atoms with van der Waals surface area (Å²) in [6.07, 6.45) is 2.00. The first kappa shape index (κ1) is 15.3. The third-order valence-electron chi connectivity index (χ3n) is 2.81. The highest BCUT2D eigenvalue weighted by molar-refractivity contribution is 9.10. The second kappa shape index (κ2) is 7.07. The van der Waals surface area contributed by atoms with Crippen molar-refractivity contribution in [1.29, 1.82) is 0 Å². The summed E-state index contributed by atoms with van der Waals surface area (Å²) in [5.74, 6) is 1.51. The Bertz CT molecular complexity index is 616. The first-order valence-electron chi connectivity index (χ1n) is 6.19. The number of benzene rings is 1. The third-order valence-corrected chi connectivity index (χ3v) is 3.40. The number of nitrogens with zero attached hydrogens (tertiary/aromatic N) is 2. The van der Waals surface area contributed by atoms with E-state index in [-0.39, 0.29) is 5.91 Å². The van der Waals surface area contributed by atoms with Crippen molar-refractivity contribution in [1.82, 2.24) is 20.5 Å². The van der Waals surface area contributed by atoms with E-state index >= 15 is 0 Å². The number of methoxy groups -OCH3 is 2. The van der Waals surface area contributed by atoms with Crippen LogP contribution in [0.2, 0.25) is 0 Å². The number of nitrogens with one attached hydrogen (secondary N) is 2. The topological polar surface area (TPSA) is 89.1 Å². The molecule has 2 rings (SSSR count). The van der Waals surface area contributed by atoms with E-state index in [9.17, 15) is 4.79 Å². The second-order valence-electron chi connectivity index (χ2n) is 4.13. The lowest BCUT2D eigenvalue weighted by Gasteiger charge is -2.12. The molecule has 1 amide bonds. The Balaban J connectivity index is 2.08. The minimum atomic E-state index is -0.244. The lowest BCUT2D eigenvalue weighted by Crippen LogP contribution is -2.26. The van der Waals surface area contributed by atoms with E-state index in [0.717, 1.165) is 0 Å². The van der Waals surface area contributed by atoms with Gasteiger partial charge in [0.25, 0.3) is 5.91 Å². The van der Waals surface area contributed by atoms with E-state index < -0.39 is 0 Å². The Morgan fingerprint density at radius 3 is 2.81 bits per heavy atom. The van der Waals surface area contributed by atoms with Crippen LogP contribution in [0, 0.1) is 0 Å². The molecule has 0 atom stereocenters. The van der Waals surface area contributed by atoms with Crippen LogP contribution in [0.15, 0.2) is 22.9 Å². The number of hydrogen-bond acceptors (Lipinski definition) is 5. The van der Waals surface area contributed by atoms with Crippen LogP contribution in [-0.4, -0.2) is 41.9 Å². The van der Waals surface area contributed by atoms with Crippen molar-refractivity contribution in [3.05, 3.63) is 34.3 Å². The van der Waals surface area contributed by atoms with Gasteiger partial charge in [-0.2, -0.15) is 5.10 Å². The number of rotatable bonds is 6. The van der Waals surface area contributed by atoms with Crippen molar-refractivity contribution in [2.75, 3.05) is 20.8 Å². The van der Waals surface area contributed by atoms with Crippen LogP contribution in [0.3, 0.4) is 0 Å². The van der Waals surface area contributed by atoms with Crippen LogP contribution in [0.25, 0.3) is 0 Å². The highest BCUT2D eigenvalue weighted by Gasteiger charge is 2.17. The Morgan fingerprint density at radius 2 is 2.19 bits per heavy atom. The summed E-state index contributed by atoms with van der Waals surface area (Å²) in [7, 11) is 3.05. The summed E-state index contributed by atoms with van der Waals surface area (Å²) in [6.45, 7) is 0.437. The van der Waals surface area contributed by atoms with Crippen LogP contribution in [0.5, 0.6) is 11.5 Å². The zero-order chi connectivity index (χ0) is 15.2. The molecule has 0 saturated heterocycles. The minimum Gasteiger partial charge on any atom is -0.497 e. The smallest absolute Gasteiger partial charge is 0.255 e. The predicted molar refractivity (Wildman–Crippen MR) is 79.7 cm³/mol. The van der Waals surface area contributed by atoms with Gasteiger partial charge in [0.2, 0.25) is 0 Å². The molecule has 0 aliphatic rings. The maximum absolute atomic E-state index is 12.3. The first-order chi connectivity index (χ1) is 10.2. The fourth-order valence-corrected chi connectivity index (χ4v) is 2.40. The molecule has 2 N–H and O–H groups in total. The zero-order valence-corrected chi connectivity index (χ0v) is 13.2. The van der Waals surface area contributed by atoms with Gasteiger partial charge in [-0.25, -0.2) is 4.98 Å². The maximum Gasteiger partial charge on any atom is 0.255 e. The SMILES string of the molecule is COc1cc(Br)c(OC)c(C(=O)NCCc2ncn[nH]2)c1. The molecule has 8 heteroatoms. The van der Waals surface area contributed by atoms with Gasteiger partial charge in [0.05, 0.1) is 24.3 Å². The standard InChI is InChI=1S/C13H15BrN4O3/c1-20-8-5-9(12(21-2)10(14)6-8)13(19)15-4-3-11-16-7-17-18-11/h5-7H,3-4H2,1-2H3,(H,15,19)(H,16,17,18). The van der Waals surface area contributed by atoms with Gasteiger partial charge in [-0.05, 0) is 28.1 Å². The molecule has 2 aromatic rings. The molecule has 0 aliphatic carbocycles. The quantitative estimate of drug-likeness (QED) is 0.821. The molecule has 21 heavy (non-hydrogen) atoms. The van der Waals surface area contributed by atoms with E-state index in [2.05, 4.69) is 36.4 Å². The van der Waals surface area contributed by atoms with Crippen LogP contribution in [0.1, 0.15) is 16.2 Å². The van der Waals surface area contributed by atoms with Crippen molar-refractivity contribution in [3.8, 4) is 11.5 Å². The highest BCUT2D eigenvalue weighted by atomic mass is 79.9. The average molecular weight is 355 g/mol. The number of carbonyl (C=O) groups excluding carboxylic acids is 1. The predicted octanol–water partition coefficient (Wildman–Crippen LogP) is 1.56. The summed E-state index contributed by atoms with van der Waals surface area (Å²) in [6, 6.07) is 3.37. The fourth-order valence-electron chi connectivity index (χ4n) is 1.80. The fraction of sp³-hybridized carbons (Fsp3) is 0.308. The Kier molecular flexibility index (Phi) is 5.15. The van der Waals surface area contributed by atoms with Crippen LogP contribution in [0.4, 0.5) is 0 Å². The van der Waals surface area contributed by atoms with Crippen LogP contribution in [-0.2, 0) is 6.42 Å². The number of aromatic nitrogens is 3. The number of halogens is 1. The molecule has 0 bridgehead atoms. The summed E-state index contributed by atoms with van der Waals surface area (Å²) in [4.78, 5) is 16.3. The molecule has 0 fully saturated rings. The molecular weight excluding hydrogens is 340 g/mol. The summed E-state index contributed by atoms with van der Waals surface area (Å²) in [5, 5.41) is 9.29. The van der Waals surface area contributed by atoms with Crippen molar-refractivity contribution in [3.63, 3.8) is 0 Å². The molecule has 7 nitrogen and oxygen atoms in total. The molecule has 1 aromatic carbocycles. The molecular formula is C13H15BrN4O3. The average Bonchev–Trinajstić information content (AvgIpc) is 2.99. The van der Waals surface area contributed by atoms with Gasteiger partial charge in [0, 0.05) is 13.0 Å². The molecule has 112 valence electrons. The minimum absolute atomic E-state index is 0.244. The van der Waals surface area contributed by atoms with Crippen molar-refractivity contribution >= 4 is 21.8 Å². The summed E-state index contributed by atoms with van der Waals surface area (Å²) >= 11 is 3.36. The molecule has 0 radical (unpaired) electrons. The number of hydrogen-bond donors (Lipinski definition) is 2. The molecule has 0 aliphatic heterocycles. The third kappa shape index (κ3) is 3.72. The van der Waals surface area contributed by atoms with E-state index in [1.807, 2.05) is 0 Å². The zero-order valence-electron chi connectivity index (χ0n) is 11.6. The molecule has 0 saturated carbocycles. The normalized spacial score (nSPS) is 10.2. The van der Waals surface area contributed by atoms with Gasteiger partial charge in [0.15, 0.2) is 0 Å². The number of aromatic amines is 1. The monoisotopic (exact) mass is 354 g/mol. The van der Waals surface area contributed by atoms with Crippen LogP contribution < -0.4 is 14.8 Å². The number of carbonyl (C=O) groups is 1. The van der Waals surface area contributed by atoms with Gasteiger partial charge >= 0.3 is 0 Å². The van der Waals surface area contributed by atoms with Crippen LogP contribution >= 0.6 is 15.9 Å². The highest BCUT2D eigenvalue weighted by Crippen LogP contribution is 2.33. The van der Waals surface area contributed by atoms with E-state index in [1.54, 1.807) is 19.2 Å². The first-order valence-corrected chi connectivity index (χ1v) is 6.99. The lowest BCUT2D eigenvalue weighted by molar-refractivity contribution is 0.0950. The van der Waals surface area contributed by atoms with Gasteiger partial charge in [-0.1, -0.05) is 0 Å². The molecule has 1 heterocycles. The molecule has 1 aromatic heterocycles. The van der Waals surface area contributed by atoms with E-state index in [4.69, 9.17) is 9.47 Å². The maximum atomic E-state index is 12.3. The number of H-pyrrole nitrogens is 1. The van der Waals surface area contributed by atoms with Gasteiger partial charge in [0.1, 0.15) is 23.7 Å². The number of amides is 1. The Hall–Kier alpha value is -2.09. The largest absolute Gasteiger partial charge is 0.497 e. The number of ether oxygens (including phenoxy) is 2. The van der Waals surface area contributed by atoms with Crippen molar-refractivity contribution in [2.45, 2.75) is 6.42 Å². The van der Waals surface area contributed by atoms with Crippen molar-refractivity contribution < 1.29 is 14.3 Å². The van der Waals surface area contributed by atoms with Gasteiger partial charge < -0.3 is 14.8 Å². The Morgan fingerprint density at radius 1 is 1.38 bits per heavy atom. The van der Waals surface area contributed by atoms with E-state index in [1.165, 1.54) is 13.4 Å². The van der Waals surface area contributed by atoms with Crippen molar-refractivity contribution in [2.24, 2.45) is 0 Å². The molecule has 0 spiro atoms. The summed E-state index contributed by atoms with van der Waals surface area (Å²) < 4.78 is 11.1. The summed E-state index contributed by atoms with van der Waals surface area (Å²) in [5.41, 5.74) is 0.404. The van der Waals surface area contributed by atoms with Gasteiger partial charge in [-0.15, -0.1) is 0 Å². The van der Waals surface area contributed by atoms with E-state index in [0.29, 0.717) is 40.3 Å². The molecule has 0 unspecified atom stereocenters. The Labute approximate surface area is 130 Å². The van der Waals surface area contributed by atoms with Gasteiger partial charge in [-0.3, -0.25) is 9.89 Å². The lowest BCUT2D eigenvalue weighted by atomic mass is 10.1. The second-order valence-corrected chi connectivity index (χ2v) is 4.98.